The molecule has 3 rings (SSSR count). The maximum Gasteiger partial charge on any atom is 0.145 e. The van der Waals surface area contributed by atoms with Crippen LogP contribution in [0.1, 0.15) is 17.4 Å². The van der Waals surface area contributed by atoms with Crippen molar-refractivity contribution in [3.05, 3.63) is 47.1 Å². The van der Waals surface area contributed by atoms with Gasteiger partial charge in [0.1, 0.15) is 17.0 Å². The number of nitrogens with zero attached hydrogens (tertiary/aromatic N) is 3. The topological polar surface area (TPSA) is 29.0 Å². The standard InChI is InChI=1S/C16H17N3S/c1-4-19(13-8-6-5-7-9-13)15-14-11(2)12(3)20-16(14)18-10-17-15/h5-10H,4H2,1-3H3. The van der Waals surface area contributed by atoms with Crippen molar-refractivity contribution < 1.29 is 0 Å². The molecule has 1 aromatic carbocycles. The number of anilines is 2. The van der Waals surface area contributed by atoms with Gasteiger partial charge in [0.15, 0.2) is 0 Å². The summed E-state index contributed by atoms with van der Waals surface area (Å²) in [6.45, 7) is 7.32. The van der Waals surface area contributed by atoms with Crippen LogP contribution in [-0.2, 0) is 0 Å². The van der Waals surface area contributed by atoms with Crippen LogP contribution in [0.4, 0.5) is 11.5 Å². The molecule has 20 heavy (non-hydrogen) atoms. The van der Waals surface area contributed by atoms with Crippen molar-refractivity contribution in [2.24, 2.45) is 0 Å². The van der Waals surface area contributed by atoms with E-state index in [2.05, 4.69) is 59.9 Å². The molecule has 4 heteroatoms. The molecule has 0 bridgehead atoms. The van der Waals surface area contributed by atoms with Crippen molar-refractivity contribution in [1.29, 1.82) is 0 Å². The summed E-state index contributed by atoms with van der Waals surface area (Å²) in [5.41, 5.74) is 2.45. The van der Waals surface area contributed by atoms with Gasteiger partial charge in [0.2, 0.25) is 0 Å². The van der Waals surface area contributed by atoms with Gasteiger partial charge in [-0.2, -0.15) is 0 Å². The molecule has 2 heterocycles. The monoisotopic (exact) mass is 283 g/mol. The van der Waals surface area contributed by atoms with Crippen LogP contribution in [0.5, 0.6) is 0 Å². The summed E-state index contributed by atoms with van der Waals surface area (Å²) >= 11 is 1.74. The number of fused-ring (bicyclic) bond motifs is 1. The first-order valence-corrected chi connectivity index (χ1v) is 7.57. The van der Waals surface area contributed by atoms with E-state index in [1.54, 1.807) is 17.7 Å². The summed E-state index contributed by atoms with van der Waals surface area (Å²) < 4.78 is 0. The van der Waals surface area contributed by atoms with Crippen LogP contribution in [-0.4, -0.2) is 16.5 Å². The molecule has 0 radical (unpaired) electrons. The molecule has 2 aromatic heterocycles. The highest BCUT2D eigenvalue weighted by Crippen LogP contribution is 2.36. The Balaban J connectivity index is 2.22. The molecular formula is C16H17N3S. The Labute approximate surface area is 122 Å². The molecule has 102 valence electrons. The second-order valence-electron chi connectivity index (χ2n) is 4.74. The Bertz CT molecular complexity index is 734. The van der Waals surface area contributed by atoms with Crippen LogP contribution in [0.2, 0.25) is 0 Å². The first kappa shape index (κ1) is 13.1. The summed E-state index contributed by atoms with van der Waals surface area (Å²) in [4.78, 5) is 13.6. The molecule has 0 fully saturated rings. The van der Waals surface area contributed by atoms with Gasteiger partial charge in [0.25, 0.3) is 0 Å². The smallest absolute Gasteiger partial charge is 0.145 e. The largest absolute Gasteiger partial charge is 0.326 e. The number of benzene rings is 1. The molecule has 0 N–H and O–H groups in total. The molecule has 3 nitrogen and oxygen atoms in total. The third-order valence-electron chi connectivity index (χ3n) is 3.59. The van der Waals surface area contributed by atoms with Crippen molar-refractivity contribution in [2.45, 2.75) is 20.8 Å². The van der Waals surface area contributed by atoms with E-state index in [-0.39, 0.29) is 0 Å². The summed E-state index contributed by atoms with van der Waals surface area (Å²) in [5, 5.41) is 1.18. The van der Waals surface area contributed by atoms with E-state index >= 15 is 0 Å². The maximum atomic E-state index is 4.55. The van der Waals surface area contributed by atoms with Gasteiger partial charge in [-0.05, 0) is 38.5 Å². The summed E-state index contributed by atoms with van der Waals surface area (Å²) in [6, 6.07) is 10.4. The predicted molar refractivity (Wildman–Crippen MR) is 86.0 cm³/mol. The van der Waals surface area contributed by atoms with E-state index in [1.807, 2.05) is 6.07 Å². The SMILES string of the molecule is CCN(c1ccccc1)c1ncnc2sc(C)c(C)c12. The van der Waals surface area contributed by atoms with Gasteiger partial charge in [-0.15, -0.1) is 11.3 Å². The second kappa shape index (κ2) is 5.21. The second-order valence-corrected chi connectivity index (χ2v) is 5.94. The molecule has 0 aliphatic heterocycles. The van der Waals surface area contributed by atoms with E-state index in [0.29, 0.717) is 0 Å². The van der Waals surface area contributed by atoms with Gasteiger partial charge in [0, 0.05) is 17.1 Å². The molecule has 0 aliphatic rings. The highest BCUT2D eigenvalue weighted by atomic mass is 32.1. The third-order valence-corrected chi connectivity index (χ3v) is 4.70. The van der Waals surface area contributed by atoms with Crippen LogP contribution < -0.4 is 4.90 Å². The maximum absolute atomic E-state index is 4.55. The number of aryl methyl sites for hydroxylation is 2. The van der Waals surface area contributed by atoms with Gasteiger partial charge in [-0.3, -0.25) is 0 Å². The first-order chi connectivity index (χ1) is 9.72. The van der Waals surface area contributed by atoms with Crippen molar-refractivity contribution in [3.8, 4) is 0 Å². The lowest BCUT2D eigenvalue weighted by atomic mass is 10.2. The van der Waals surface area contributed by atoms with Gasteiger partial charge in [-0.1, -0.05) is 18.2 Å². The molecule has 0 atom stereocenters. The molecule has 0 spiro atoms. The quantitative estimate of drug-likeness (QED) is 0.710. The lowest BCUT2D eigenvalue weighted by molar-refractivity contribution is 0.990. The Hall–Kier alpha value is -1.94. The fraction of sp³-hybridized carbons (Fsp3) is 0.250. The fourth-order valence-corrected chi connectivity index (χ4v) is 3.42. The van der Waals surface area contributed by atoms with E-state index in [9.17, 15) is 0 Å². The van der Waals surface area contributed by atoms with Crippen LogP contribution in [0.15, 0.2) is 36.7 Å². The summed E-state index contributed by atoms with van der Waals surface area (Å²) in [6.07, 6.45) is 1.67. The number of rotatable bonds is 3. The van der Waals surface area contributed by atoms with E-state index in [0.717, 1.165) is 17.2 Å². The number of hydrogen-bond donors (Lipinski definition) is 0. The predicted octanol–water partition coefficient (Wildman–Crippen LogP) is 4.47. The number of thiophene rings is 1. The molecule has 0 amide bonds. The van der Waals surface area contributed by atoms with Crippen LogP contribution in [0, 0.1) is 13.8 Å². The minimum absolute atomic E-state index is 0.879. The Morgan fingerprint density at radius 2 is 1.85 bits per heavy atom. The zero-order valence-corrected chi connectivity index (χ0v) is 12.7. The molecular weight excluding hydrogens is 266 g/mol. The van der Waals surface area contributed by atoms with Gasteiger partial charge >= 0.3 is 0 Å². The van der Waals surface area contributed by atoms with Crippen molar-refractivity contribution in [1.82, 2.24) is 9.97 Å². The average molecular weight is 283 g/mol. The van der Waals surface area contributed by atoms with E-state index in [4.69, 9.17) is 0 Å². The van der Waals surface area contributed by atoms with Crippen molar-refractivity contribution in [3.63, 3.8) is 0 Å². The number of aromatic nitrogens is 2. The lowest BCUT2D eigenvalue weighted by Crippen LogP contribution is -2.17. The molecule has 0 aliphatic carbocycles. The number of para-hydroxylation sites is 1. The fourth-order valence-electron chi connectivity index (χ4n) is 2.43. The van der Waals surface area contributed by atoms with Gasteiger partial charge in [0.05, 0.1) is 5.39 Å². The average Bonchev–Trinajstić information content (AvgIpc) is 2.77. The minimum Gasteiger partial charge on any atom is -0.326 e. The molecule has 0 unspecified atom stereocenters. The summed E-state index contributed by atoms with van der Waals surface area (Å²) in [5.74, 6) is 1.01. The lowest BCUT2D eigenvalue weighted by Gasteiger charge is -2.22. The van der Waals surface area contributed by atoms with Crippen molar-refractivity contribution >= 4 is 33.1 Å². The normalized spacial score (nSPS) is 10.9. The third kappa shape index (κ3) is 2.06. The Kier molecular flexibility index (Phi) is 3.40. The van der Waals surface area contributed by atoms with E-state index < -0.39 is 0 Å². The van der Waals surface area contributed by atoms with Crippen LogP contribution in [0.25, 0.3) is 10.2 Å². The molecule has 0 saturated heterocycles. The van der Waals surface area contributed by atoms with Crippen LogP contribution in [0.3, 0.4) is 0 Å². The van der Waals surface area contributed by atoms with Crippen molar-refractivity contribution in [2.75, 3.05) is 11.4 Å². The minimum atomic E-state index is 0.879. The van der Waals surface area contributed by atoms with Crippen LogP contribution >= 0.6 is 11.3 Å². The zero-order valence-electron chi connectivity index (χ0n) is 11.9. The first-order valence-electron chi connectivity index (χ1n) is 6.75. The highest BCUT2D eigenvalue weighted by molar-refractivity contribution is 7.18. The molecule has 3 aromatic rings. The Morgan fingerprint density at radius 3 is 2.55 bits per heavy atom. The molecule has 0 saturated carbocycles. The van der Waals surface area contributed by atoms with E-state index in [1.165, 1.54) is 21.5 Å². The Morgan fingerprint density at radius 1 is 1.10 bits per heavy atom. The summed E-state index contributed by atoms with van der Waals surface area (Å²) in [7, 11) is 0. The zero-order chi connectivity index (χ0) is 14.1. The highest BCUT2D eigenvalue weighted by Gasteiger charge is 2.17. The number of hydrogen-bond acceptors (Lipinski definition) is 4. The van der Waals surface area contributed by atoms with Gasteiger partial charge in [-0.25, -0.2) is 9.97 Å². The van der Waals surface area contributed by atoms with Gasteiger partial charge < -0.3 is 4.90 Å².